The number of carbonyl (C=O) groups excluding carboxylic acids is 2. The number of benzene rings is 4. The van der Waals surface area contributed by atoms with E-state index in [1.807, 2.05) is 75.4 Å². The Labute approximate surface area is 273 Å². The summed E-state index contributed by atoms with van der Waals surface area (Å²) in [4.78, 5) is 29.7. The van der Waals surface area contributed by atoms with Crippen LogP contribution in [0.1, 0.15) is 37.0 Å². The summed E-state index contributed by atoms with van der Waals surface area (Å²) in [7, 11) is -4.26. The zero-order valence-corrected chi connectivity index (χ0v) is 27.9. The fourth-order valence-corrected chi connectivity index (χ4v) is 6.43. The Morgan fingerprint density at radius 1 is 0.867 bits per heavy atom. The lowest BCUT2D eigenvalue weighted by atomic mass is 10.0. The molecule has 0 spiro atoms. The molecule has 45 heavy (non-hydrogen) atoms. The maximum atomic E-state index is 14.4. The van der Waals surface area contributed by atoms with Gasteiger partial charge in [0, 0.05) is 23.5 Å². The number of nitrogens with one attached hydrogen (secondary N) is 1. The third kappa shape index (κ3) is 9.02. The number of halogens is 2. The molecule has 10 heteroatoms. The average Bonchev–Trinajstić information content (AvgIpc) is 3.03. The first-order chi connectivity index (χ1) is 21.5. The molecule has 2 amide bonds. The van der Waals surface area contributed by atoms with Crippen molar-refractivity contribution in [2.75, 3.05) is 10.8 Å². The van der Waals surface area contributed by atoms with Crippen molar-refractivity contribution in [3.05, 3.63) is 130 Å². The van der Waals surface area contributed by atoms with Crippen molar-refractivity contribution in [2.45, 2.75) is 57.1 Å². The average molecular weight is 695 g/mol. The van der Waals surface area contributed by atoms with Crippen LogP contribution in [0.2, 0.25) is 0 Å². The fraction of sp³-hybridized carbons (Fsp3) is 0.257. The number of sulfonamides is 1. The lowest BCUT2D eigenvalue weighted by Gasteiger charge is -2.34. The van der Waals surface area contributed by atoms with Crippen molar-refractivity contribution in [1.29, 1.82) is 0 Å². The summed E-state index contributed by atoms with van der Waals surface area (Å²) < 4.78 is 43.8. The van der Waals surface area contributed by atoms with Crippen LogP contribution in [0.3, 0.4) is 0 Å². The van der Waals surface area contributed by atoms with Gasteiger partial charge in [0.15, 0.2) is 0 Å². The lowest BCUT2D eigenvalue weighted by molar-refractivity contribution is -0.140. The molecule has 0 unspecified atom stereocenters. The molecule has 0 aromatic heterocycles. The number of carbonyl (C=O) groups is 2. The highest BCUT2D eigenvalue weighted by atomic mass is 79.9. The SMILES string of the molecule is CC[C@H](C)NC(=O)[C@H](Cc1ccccc1)N(Cc1ccc(Br)cc1)C(=O)CN(c1ccc(F)cc1)S(=O)(=O)c1ccc(C)cc1. The van der Waals surface area contributed by atoms with Crippen molar-refractivity contribution >= 4 is 43.5 Å². The van der Waals surface area contributed by atoms with E-state index in [9.17, 15) is 22.4 Å². The van der Waals surface area contributed by atoms with Crippen molar-refractivity contribution in [3.8, 4) is 0 Å². The summed E-state index contributed by atoms with van der Waals surface area (Å²) in [5, 5.41) is 3.02. The Morgan fingerprint density at radius 2 is 1.49 bits per heavy atom. The predicted octanol–water partition coefficient (Wildman–Crippen LogP) is 6.65. The summed E-state index contributed by atoms with van der Waals surface area (Å²) in [5.74, 6) is -1.47. The topological polar surface area (TPSA) is 86.8 Å². The van der Waals surface area contributed by atoms with Gasteiger partial charge in [-0.25, -0.2) is 12.8 Å². The standard InChI is InChI=1S/C35H37BrFN3O4S/c1-4-26(3)38-35(42)33(22-27-8-6-5-7-9-27)39(23-28-12-14-29(36)15-13-28)34(41)24-40(31-18-16-30(37)17-19-31)45(43,44)32-20-10-25(2)11-21-32/h5-21,26,33H,4,22-24H2,1-3H3,(H,38,42)/t26-,33-/m0/s1. The van der Waals surface area contributed by atoms with Gasteiger partial charge < -0.3 is 10.2 Å². The van der Waals surface area contributed by atoms with Gasteiger partial charge in [0.2, 0.25) is 11.8 Å². The maximum absolute atomic E-state index is 14.4. The molecule has 0 bridgehead atoms. The Morgan fingerprint density at radius 3 is 2.09 bits per heavy atom. The van der Waals surface area contributed by atoms with E-state index in [0.717, 1.165) is 37.6 Å². The molecular weight excluding hydrogens is 657 g/mol. The second-order valence-electron chi connectivity index (χ2n) is 11.0. The van der Waals surface area contributed by atoms with Crippen molar-refractivity contribution in [3.63, 3.8) is 0 Å². The van der Waals surface area contributed by atoms with E-state index in [4.69, 9.17) is 0 Å². The molecule has 0 aliphatic heterocycles. The monoisotopic (exact) mass is 693 g/mol. The first-order valence-corrected chi connectivity index (χ1v) is 16.9. The summed E-state index contributed by atoms with van der Waals surface area (Å²) in [6.07, 6.45) is 0.907. The van der Waals surface area contributed by atoms with Gasteiger partial charge in [0.1, 0.15) is 18.4 Å². The summed E-state index contributed by atoms with van der Waals surface area (Å²) in [5.41, 5.74) is 2.60. The zero-order chi connectivity index (χ0) is 32.6. The molecule has 4 rings (SSSR count). The highest BCUT2D eigenvalue weighted by Gasteiger charge is 2.35. The Bertz CT molecular complexity index is 1680. The van der Waals surface area contributed by atoms with E-state index in [2.05, 4.69) is 21.2 Å². The first-order valence-electron chi connectivity index (χ1n) is 14.7. The van der Waals surface area contributed by atoms with Gasteiger partial charge in [-0.15, -0.1) is 0 Å². The molecule has 7 nitrogen and oxygen atoms in total. The zero-order valence-electron chi connectivity index (χ0n) is 25.5. The van der Waals surface area contributed by atoms with Gasteiger partial charge in [-0.2, -0.15) is 0 Å². The van der Waals surface area contributed by atoms with E-state index < -0.39 is 34.3 Å². The quantitative estimate of drug-likeness (QED) is 0.170. The molecule has 0 aliphatic carbocycles. The summed E-state index contributed by atoms with van der Waals surface area (Å²) in [6.45, 7) is 5.13. The second kappa shape index (κ2) is 15.3. The summed E-state index contributed by atoms with van der Waals surface area (Å²) >= 11 is 3.44. The van der Waals surface area contributed by atoms with E-state index in [1.54, 1.807) is 12.1 Å². The smallest absolute Gasteiger partial charge is 0.264 e. The van der Waals surface area contributed by atoms with Crippen LogP contribution in [-0.2, 0) is 32.6 Å². The molecule has 1 N–H and O–H groups in total. The number of anilines is 1. The van der Waals surface area contributed by atoms with Crippen molar-refractivity contribution in [2.24, 2.45) is 0 Å². The molecule has 0 radical (unpaired) electrons. The van der Waals surface area contributed by atoms with Crippen LogP contribution in [0.4, 0.5) is 10.1 Å². The second-order valence-corrected chi connectivity index (χ2v) is 13.8. The molecule has 0 saturated heterocycles. The van der Waals surface area contributed by atoms with Crippen LogP contribution < -0.4 is 9.62 Å². The van der Waals surface area contributed by atoms with Crippen molar-refractivity contribution in [1.82, 2.24) is 10.2 Å². The highest BCUT2D eigenvalue weighted by molar-refractivity contribution is 9.10. The minimum absolute atomic E-state index is 0.0139. The third-order valence-electron chi connectivity index (χ3n) is 7.54. The van der Waals surface area contributed by atoms with Gasteiger partial charge in [-0.3, -0.25) is 13.9 Å². The molecule has 236 valence electrons. The van der Waals surface area contributed by atoms with E-state index in [-0.39, 0.29) is 35.5 Å². The lowest BCUT2D eigenvalue weighted by Crippen LogP contribution is -2.54. The molecule has 0 fully saturated rings. The molecule has 0 heterocycles. The fourth-order valence-electron chi connectivity index (χ4n) is 4.76. The van der Waals surface area contributed by atoms with Crippen LogP contribution in [-0.4, -0.2) is 43.8 Å². The molecule has 0 aliphatic rings. The van der Waals surface area contributed by atoms with Crippen LogP contribution in [0.5, 0.6) is 0 Å². The maximum Gasteiger partial charge on any atom is 0.264 e. The van der Waals surface area contributed by atoms with Gasteiger partial charge >= 0.3 is 0 Å². The third-order valence-corrected chi connectivity index (χ3v) is 9.86. The highest BCUT2D eigenvalue weighted by Crippen LogP contribution is 2.26. The van der Waals surface area contributed by atoms with Crippen molar-refractivity contribution < 1.29 is 22.4 Å². The number of aryl methyl sites for hydroxylation is 1. The number of amides is 2. The number of hydrogen-bond donors (Lipinski definition) is 1. The molecule has 0 saturated carbocycles. The normalized spacial score (nSPS) is 12.6. The number of hydrogen-bond acceptors (Lipinski definition) is 4. The molecule has 2 atom stereocenters. The number of nitrogens with zero attached hydrogens (tertiary/aromatic N) is 2. The Hall–Kier alpha value is -4.02. The van der Waals surface area contributed by atoms with Gasteiger partial charge in [-0.05, 0) is 79.9 Å². The van der Waals surface area contributed by atoms with Crippen LogP contribution in [0.15, 0.2) is 112 Å². The van der Waals surface area contributed by atoms with Crippen LogP contribution >= 0.6 is 15.9 Å². The predicted molar refractivity (Wildman–Crippen MR) is 179 cm³/mol. The van der Waals surface area contributed by atoms with E-state index in [1.165, 1.54) is 29.2 Å². The molecular formula is C35H37BrFN3O4S. The number of rotatable bonds is 13. The van der Waals surface area contributed by atoms with Crippen LogP contribution in [0.25, 0.3) is 0 Å². The van der Waals surface area contributed by atoms with Gasteiger partial charge in [0.25, 0.3) is 10.0 Å². The van der Waals surface area contributed by atoms with Crippen LogP contribution in [0, 0.1) is 12.7 Å². The van der Waals surface area contributed by atoms with Gasteiger partial charge in [0.05, 0.1) is 10.6 Å². The van der Waals surface area contributed by atoms with E-state index >= 15 is 0 Å². The minimum Gasteiger partial charge on any atom is -0.352 e. The molecule has 4 aromatic rings. The Balaban J connectivity index is 1.80. The first kappa shape index (κ1) is 33.9. The van der Waals surface area contributed by atoms with Gasteiger partial charge in [-0.1, -0.05) is 83.0 Å². The minimum atomic E-state index is -4.26. The largest absolute Gasteiger partial charge is 0.352 e. The summed E-state index contributed by atoms with van der Waals surface area (Å²) in [6, 6.07) is 26.9. The molecule has 4 aromatic carbocycles. The van der Waals surface area contributed by atoms with E-state index in [0.29, 0.717) is 6.42 Å². The Kier molecular flexibility index (Phi) is 11.5.